The summed E-state index contributed by atoms with van der Waals surface area (Å²) in [4.78, 5) is 24.0. The van der Waals surface area contributed by atoms with Gasteiger partial charge in [0.1, 0.15) is 5.69 Å². The molecular formula is C24H26N4O. The van der Waals surface area contributed by atoms with E-state index < -0.39 is 0 Å². The van der Waals surface area contributed by atoms with Crippen LogP contribution in [0.2, 0.25) is 0 Å². The van der Waals surface area contributed by atoms with E-state index in [4.69, 9.17) is 0 Å². The van der Waals surface area contributed by atoms with Gasteiger partial charge in [-0.05, 0) is 43.9 Å². The van der Waals surface area contributed by atoms with Crippen LogP contribution in [0, 0.1) is 6.92 Å². The lowest BCUT2D eigenvalue weighted by atomic mass is 10.1. The first-order valence-corrected chi connectivity index (χ1v) is 10.2. The van der Waals surface area contributed by atoms with Crippen LogP contribution in [0.25, 0.3) is 11.3 Å². The van der Waals surface area contributed by atoms with Gasteiger partial charge in [0.15, 0.2) is 5.82 Å². The van der Waals surface area contributed by atoms with Crippen LogP contribution < -0.4 is 10.2 Å². The first-order valence-electron chi connectivity index (χ1n) is 10.2. The van der Waals surface area contributed by atoms with Gasteiger partial charge < -0.3 is 10.2 Å². The van der Waals surface area contributed by atoms with Crippen molar-refractivity contribution in [3.8, 4) is 11.3 Å². The van der Waals surface area contributed by atoms with Crippen LogP contribution in [0.5, 0.6) is 0 Å². The Kier molecular flexibility index (Phi) is 5.84. The number of hydrogen-bond donors (Lipinski definition) is 1. The van der Waals surface area contributed by atoms with Gasteiger partial charge in [0.25, 0.3) is 5.91 Å². The molecule has 1 N–H and O–H groups in total. The highest BCUT2D eigenvalue weighted by Crippen LogP contribution is 2.28. The molecule has 1 aliphatic heterocycles. The zero-order valence-corrected chi connectivity index (χ0v) is 16.8. The number of benzene rings is 2. The van der Waals surface area contributed by atoms with E-state index in [1.807, 2.05) is 36.4 Å². The highest BCUT2D eigenvalue weighted by Gasteiger charge is 2.18. The topological polar surface area (TPSA) is 58.1 Å². The smallest absolute Gasteiger partial charge is 0.251 e. The van der Waals surface area contributed by atoms with E-state index in [0.29, 0.717) is 12.1 Å². The van der Waals surface area contributed by atoms with Gasteiger partial charge in [-0.25, -0.2) is 4.98 Å². The second-order valence-electron chi connectivity index (χ2n) is 7.53. The monoisotopic (exact) mass is 386 g/mol. The van der Waals surface area contributed by atoms with Crippen molar-refractivity contribution >= 4 is 11.7 Å². The van der Waals surface area contributed by atoms with E-state index >= 15 is 0 Å². The Balaban J connectivity index is 1.47. The number of nitrogens with one attached hydrogen (secondary N) is 1. The highest BCUT2D eigenvalue weighted by molar-refractivity contribution is 5.94. The van der Waals surface area contributed by atoms with Gasteiger partial charge in [-0.2, -0.15) is 0 Å². The molecule has 1 saturated heterocycles. The summed E-state index contributed by atoms with van der Waals surface area (Å²) in [6, 6.07) is 15.8. The number of amides is 1. The maximum absolute atomic E-state index is 12.5. The van der Waals surface area contributed by atoms with Gasteiger partial charge in [0.2, 0.25) is 0 Å². The Hall–Kier alpha value is -3.21. The van der Waals surface area contributed by atoms with Crippen LogP contribution in [0.3, 0.4) is 0 Å². The minimum Gasteiger partial charge on any atom is -0.355 e. The number of rotatable bonds is 5. The molecule has 4 rings (SSSR count). The van der Waals surface area contributed by atoms with Crippen molar-refractivity contribution in [2.24, 2.45) is 0 Å². The molecule has 0 spiro atoms. The third-order valence-corrected chi connectivity index (χ3v) is 5.29. The van der Waals surface area contributed by atoms with E-state index in [1.54, 1.807) is 12.4 Å². The highest BCUT2D eigenvalue weighted by atomic mass is 16.1. The van der Waals surface area contributed by atoms with Crippen molar-refractivity contribution in [3.05, 3.63) is 77.6 Å². The molecule has 2 heterocycles. The van der Waals surface area contributed by atoms with Crippen molar-refractivity contribution in [1.82, 2.24) is 15.3 Å². The lowest BCUT2D eigenvalue weighted by Crippen LogP contribution is -2.30. The molecule has 0 aliphatic carbocycles. The number of nitrogens with zero attached hydrogens (tertiary/aromatic N) is 3. The second kappa shape index (κ2) is 8.86. The average Bonchev–Trinajstić information content (AvgIpc) is 2.78. The third-order valence-electron chi connectivity index (χ3n) is 5.29. The minimum absolute atomic E-state index is 0.0755. The number of carbonyl (C=O) groups is 1. The molecule has 1 fully saturated rings. The first-order chi connectivity index (χ1) is 14.2. The molecule has 1 amide bonds. The van der Waals surface area contributed by atoms with Crippen LogP contribution >= 0.6 is 0 Å². The summed E-state index contributed by atoms with van der Waals surface area (Å²) in [5.74, 6) is 0.859. The molecule has 3 aromatic rings. The first kappa shape index (κ1) is 19.1. The fraction of sp³-hybridized carbons (Fsp3) is 0.292. The van der Waals surface area contributed by atoms with Gasteiger partial charge in [-0.3, -0.25) is 9.78 Å². The number of aryl methyl sites for hydroxylation is 1. The Bertz CT molecular complexity index is 978. The number of piperidine rings is 1. The number of anilines is 1. The average molecular weight is 386 g/mol. The zero-order chi connectivity index (χ0) is 20.1. The van der Waals surface area contributed by atoms with Crippen LogP contribution in [-0.4, -0.2) is 29.0 Å². The van der Waals surface area contributed by atoms with Crippen LogP contribution in [-0.2, 0) is 6.54 Å². The number of hydrogen-bond acceptors (Lipinski definition) is 4. The summed E-state index contributed by atoms with van der Waals surface area (Å²) in [6.07, 6.45) is 7.14. The van der Waals surface area contributed by atoms with E-state index in [0.717, 1.165) is 35.7 Å². The molecule has 0 saturated carbocycles. The van der Waals surface area contributed by atoms with E-state index in [-0.39, 0.29) is 5.91 Å². The normalized spacial score (nSPS) is 13.9. The lowest BCUT2D eigenvalue weighted by Gasteiger charge is -2.28. The van der Waals surface area contributed by atoms with Crippen molar-refractivity contribution in [2.75, 3.05) is 18.0 Å². The van der Waals surface area contributed by atoms with Gasteiger partial charge >= 0.3 is 0 Å². The van der Waals surface area contributed by atoms with Crippen LogP contribution in [0.1, 0.15) is 40.7 Å². The van der Waals surface area contributed by atoms with Crippen LogP contribution in [0.4, 0.5) is 5.82 Å². The molecule has 1 aromatic heterocycles. The molecule has 5 nitrogen and oxygen atoms in total. The summed E-state index contributed by atoms with van der Waals surface area (Å²) in [7, 11) is 0. The number of aromatic nitrogens is 2. The molecule has 1 aliphatic rings. The second-order valence-corrected chi connectivity index (χ2v) is 7.53. The van der Waals surface area contributed by atoms with E-state index in [9.17, 15) is 4.79 Å². The fourth-order valence-corrected chi connectivity index (χ4v) is 3.76. The fourth-order valence-electron chi connectivity index (χ4n) is 3.76. The summed E-state index contributed by atoms with van der Waals surface area (Å²) in [5.41, 5.74) is 4.79. The lowest BCUT2D eigenvalue weighted by molar-refractivity contribution is 0.0951. The Morgan fingerprint density at radius 2 is 1.76 bits per heavy atom. The van der Waals surface area contributed by atoms with E-state index in [1.165, 1.54) is 24.8 Å². The summed E-state index contributed by atoms with van der Waals surface area (Å²) in [5, 5.41) is 2.99. The molecule has 2 aromatic carbocycles. The van der Waals surface area contributed by atoms with Gasteiger partial charge in [-0.1, -0.05) is 42.0 Å². The summed E-state index contributed by atoms with van der Waals surface area (Å²) >= 11 is 0. The maximum atomic E-state index is 12.5. The zero-order valence-electron chi connectivity index (χ0n) is 16.8. The molecule has 148 valence electrons. The predicted octanol–water partition coefficient (Wildman–Crippen LogP) is 4.37. The van der Waals surface area contributed by atoms with Crippen molar-refractivity contribution in [3.63, 3.8) is 0 Å². The molecule has 0 unspecified atom stereocenters. The maximum Gasteiger partial charge on any atom is 0.251 e. The predicted molar refractivity (Wildman–Crippen MR) is 116 cm³/mol. The molecule has 0 radical (unpaired) electrons. The Morgan fingerprint density at radius 3 is 2.52 bits per heavy atom. The van der Waals surface area contributed by atoms with Gasteiger partial charge in [0, 0.05) is 43.2 Å². The van der Waals surface area contributed by atoms with Crippen molar-refractivity contribution < 1.29 is 4.79 Å². The molecule has 0 bridgehead atoms. The minimum atomic E-state index is -0.0755. The Labute approximate surface area is 171 Å². The molecular weight excluding hydrogens is 360 g/mol. The third kappa shape index (κ3) is 4.62. The largest absolute Gasteiger partial charge is 0.355 e. The van der Waals surface area contributed by atoms with E-state index in [2.05, 4.69) is 39.2 Å². The van der Waals surface area contributed by atoms with Crippen molar-refractivity contribution in [1.29, 1.82) is 0 Å². The molecule has 0 atom stereocenters. The SMILES string of the molecule is Cc1cccc(CNC(=O)c2ccc(-c3nccnc3N3CCCCC3)cc2)c1. The Morgan fingerprint density at radius 1 is 1.00 bits per heavy atom. The molecule has 29 heavy (non-hydrogen) atoms. The number of carbonyl (C=O) groups excluding carboxylic acids is 1. The quantitative estimate of drug-likeness (QED) is 0.707. The summed E-state index contributed by atoms with van der Waals surface area (Å²) < 4.78 is 0. The van der Waals surface area contributed by atoms with Crippen molar-refractivity contribution in [2.45, 2.75) is 32.7 Å². The van der Waals surface area contributed by atoms with Gasteiger partial charge in [0.05, 0.1) is 0 Å². The summed E-state index contributed by atoms with van der Waals surface area (Å²) in [6.45, 7) is 4.61. The molecule has 5 heteroatoms. The van der Waals surface area contributed by atoms with Gasteiger partial charge in [-0.15, -0.1) is 0 Å². The standard InChI is InChI=1S/C24H26N4O/c1-18-6-5-7-19(16-18)17-27-24(29)21-10-8-20(9-11-21)22-23(26-13-12-25-22)28-14-3-2-4-15-28/h5-13,16H,2-4,14-15,17H2,1H3,(H,27,29). The van der Waals surface area contributed by atoms with Crippen LogP contribution in [0.15, 0.2) is 60.9 Å².